The Morgan fingerprint density at radius 2 is 2.07 bits per heavy atom. The zero-order valence-corrected chi connectivity index (χ0v) is 17.5. The SMILES string of the molecule is Cc1nn(-c2ccncc2)cc1CN1C[C@H]2CCC[C@@]2(c2nc(CC3CC3)no2)C1. The van der Waals surface area contributed by atoms with Crippen molar-refractivity contribution in [1.82, 2.24) is 29.8 Å². The minimum absolute atomic E-state index is 0.0454. The van der Waals surface area contributed by atoms with Gasteiger partial charge in [-0.25, -0.2) is 4.68 Å². The van der Waals surface area contributed by atoms with Crippen molar-refractivity contribution in [3.05, 3.63) is 53.7 Å². The minimum Gasteiger partial charge on any atom is -0.339 e. The van der Waals surface area contributed by atoms with Gasteiger partial charge in [0.1, 0.15) is 0 Å². The van der Waals surface area contributed by atoms with Gasteiger partial charge in [-0.1, -0.05) is 11.6 Å². The second kappa shape index (κ2) is 7.01. The Morgan fingerprint density at radius 1 is 1.20 bits per heavy atom. The van der Waals surface area contributed by atoms with Crippen molar-refractivity contribution in [2.24, 2.45) is 11.8 Å². The van der Waals surface area contributed by atoms with Crippen molar-refractivity contribution >= 4 is 0 Å². The lowest BCUT2D eigenvalue weighted by molar-refractivity contribution is 0.244. The first-order valence-corrected chi connectivity index (χ1v) is 11.2. The molecule has 1 aliphatic heterocycles. The highest BCUT2D eigenvalue weighted by atomic mass is 16.5. The van der Waals surface area contributed by atoms with E-state index in [0.29, 0.717) is 5.92 Å². The van der Waals surface area contributed by atoms with Crippen LogP contribution in [0.15, 0.2) is 35.2 Å². The van der Waals surface area contributed by atoms with Crippen LogP contribution in [0.1, 0.15) is 55.1 Å². The van der Waals surface area contributed by atoms with E-state index in [1.807, 2.05) is 16.8 Å². The van der Waals surface area contributed by atoms with Gasteiger partial charge in [-0.15, -0.1) is 0 Å². The summed E-state index contributed by atoms with van der Waals surface area (Å²) < 4.78 is 7.82. The molecule has 0 unspecified atom stereocenters. The topological polar surface area (TPSA) is 72.9 Å². The molecule has 7 nitrogen and oxygen atoms in total. The van der Waals surface area contributed by atoms with E-state index in [4.69, 9.17) is 14.6 Å². The maximum atomic E-state index is 5.86. The molecule has 30 heavy (non-hydrogen) atoms. The van der Waals surface area contributed by atoms with Crippen LogP contribution >= 0.6 is 0 Å². The maximum Gasteiger partial charge on any atom is 0.234 e. The first-order valence-electron chi connectivity index (χ1n) is 11.2. The van der Waals surface area contributed by atoms with Crippen LogP contribution in [-0.2, 0) is 18.4 Å². The summed E-state index contributed by atoms with van der Waals surface area (Å²) in [6.07, 6.45) is 13.1. The lowest BCUT2D eigenvalue weighted by Crippen LogP contribution is -2.32. The Morgan fingerprint density at radius 3 is 2.90 bits per heavy atom. The van der Waals surface area contributed by atoms with Crippen molar-refractivity contribution in [3.63, 3.8) is 0 Å². The van der Waals surface area contributed by atoms with E-state index < -0.39 is 0 Å². The number of likely N-dealkylation sites (tertiary alicyclic amines) is 1. The summed E-state index contributed by atoms with van der Waals surface area (Å²) in [5, 5.41) is 9.06. The van der Waals surface area contributed by atoms with Gasteiger partial charge in [0.05, 0.1) is 16.8 Å². The molecule has 3 aromatic rings. The average molecular weight is 405 g/mol. The van der Waals surface area contributed by atoms with Crippen LogP contribution in [0.4, 0.5) is 0 Å². The van der Waals surface area contributed by atoms with Gasteiger partial charge < -0.3 is 4.52 Å². The highest BCUT2D eigenvalue weighted by molar-refractivity contribution is 5.31. The molecule has 156 valence electrons. The van der Waals surface area contributed by atoms with Crippen molar-refractivity contribution in [2.75, 3.05) is 13.1 Å². The number of nitrogens with zero attached hydrogens (tertiary/aromatic N) is 6. The predicted octanol–water partition coefficient (Wildman–Crippen LogP) is 3.46. The Balaban J connectivity index is 1.21. The quantitative estimate of drug-likeness (QED) is 0.626. The van der Waals surface area contributed by atoms with Gasteiger partial charge in [-0.2, -0.15) is 10.1 Å². The maximum absolute atomic E-state index is 5.86. The highest BCUT2D eigenvalue weighted by Gasteiger charge is 2.54. The van der Waals surface area contributed by atoms with Crippen LogP contribution in [0.25, 0.3) is 5.69 Å². The third-order valence-electron chi connectivity index (χ3n) is 7.33. The first kappa shape index (κ1) is 18.2. The van der Waals surface area contributed by atoms with Gasteiger partial charge in [0.25, 0.3) is 0 Å². The molecular weight excluding hydrogens is 376 g/mol. The first-order chi connectivity index (χ1) is 14.7. The average Bonchev–Trinajstić information content (AvgIpc) is 3.08. The van der Waals surface area contributed by atoms with Crippen molar-refractivity contribution in [3.8, 4) is 5.69 Å². The second-order valence-electron chi connectivity index (χ2n) is 9.47. The molecule has 0 aromatic carbocycles. The molecule has 3 aromatic heterocycles. The fourth-order valence-electron chi connectivity index (χ4n) is 5.50. The number of aryl methyl sites for hydroxylation is 1. The van der Waals surface area contributed by atoms with E-state index >= 15 is 0 Å². The Hall–Kier alpha value is -2.54. The Bertz CT molecular complexity index is 1040. The lowest BCUT2D eigenvalue weighted by Gasteiger charge is -2.24. The summed E-state index contributed by atoms with van der Waals surface area (Å²) >= 11 is 0. The molecule has 2 aliphatic carbocycles. The van der Waals surface area contributed by atoms with Gasteiger partial charge in [-0.3, -0.25) is 9.88 Å². The third-order valence-corrected chi connectivity index (χ3v) is 7.33. The normalized spacial score (nSPS) is 26.4. The number of aromatic nitrogens is 5. The standard InChI is InChI=1S/C23H28N6O/c1-16-18(13-29(26-16)20-6-9-24-10-7-20)12-28-14-19-3-2-8-23(19,15-28)22-25-21(27-30-22)11-17-4-5-17/h6-7,9-10,13,17,19H,2-5,8,11-12,14-15H2,1H3/t19-,23-/m1/s1. The zero-order valence-electron chi connectivity index (χ0n) is 17.5. The van der Waals surface area contributed by atoms with Crippen LogP contribution in [0, 0.1) is 18.8 Å². The minimum atomic E-state index is 0.0454. The number of hydrogen-bond acceptors (Lipinski definition) is 6. The van der Waals surface area contributed by atoms with Crippen molar-refractivity contribution in [1.29, 1.82) is 0 Å². The van der Waals surface area contributed by atoms with E-state index in [9.17, 15) is 0 Å². The summed E-state index contributed by atoms with van der Waals surface area (Å²) in [7, 11) is 0. The van der Waals surface area contributed by atoms with E-state index in [-0.39, 0.29) is 5.41 Å². The van der Waals surface area contributed by atoms with Gasteiger partial charge >= 0.3 is 0 Å². The number of rotatable bonds is 6. The molecule has 0 bridgehead atoms. The second-order valence-corrected chi connectivity index (χ2v) is 9.47. The molecule has 2 atom stereocenters. The molecule has 6 rings (SSSR count). The summed E-state index contributed by atoms with van der Waals surface area (Å²) in [5.74, 6) is 3.21. The number of pyridine rings is 1. The summed E-state index contributed by atoms with van der Waals surface area (Å²) in [6, 6.07) is 3.97. The summed E-state index contributed by atoms with van der Waals surface area (Å²) in [5.41, 5.74) is 3.46. The van der Waals surface area contributed by atoms with E-state index in [2.05, 4.69) is 28.2 Å². The summed E-state index contributed by atoms with van der Waals surface area (Å²) in [4.78, 5) is 11.6. The Kier molecular flexibility index (Phi) is 4.26. The molecule has 0 amide bonds. The molecule has 0 N–H and O–H groups in total. The van der Waals surface area contributed by atoms with E-state index in [1.165, 1.54) is 31.2 Å². The largest absolute Gasteiger partial charge is 0.339 e. The van der Waals surface area contributed by atoms with E-state index in [0.717, 1.165) is 61.5 Å². The Labute approximate surface area is 176 Å². The van der Waals surface area contributed by atoms with Crippen molar-refractivity contribution in [2.45, 2.75) is 57.4 Å². The monoisotopic (exact) mass is 404 g/mol. The van der Waals surface area contributed by atoms with Gasteiger partial charge in [0, 0.05) is 50.2 Å². The predicted molar refractivity (Wildman–Crippen MR) is 111 cm³/mol. The lowest BCUT2D eigenvalue weighted by atomic mass is 9.80. The summed E-state index contributed by atoms with van der Waals surface area (Å²) in [6.45, 7) is 5.11. The van der Waals surface area contributed by atoms with E-state index in [1.54, 1.807) is 12.4 Å². The highest BCUT2D eigenvalue weighted by Crippen LogP contribution is 2.50. The van der Waals surface area contributed by atoms with Crippen LogP contribution in [0.3, 0.4) is 0 Å². The van der Waals surface area contributed by atoms with Crippen LogP contribution in [0.2, 0.25) is 0 Å². The molecule has 7 heteroatoms. The molecule has 1 saturated heterocycles. The number of hydrogen-bond donors (Lipinski definition) is 0. The van der Waals surface area contributed by atoms with Gasteiger partial charge in [0.15, 0.2) is 5.82 Å². The molecular formula is C23H28N6O. The fraction of sp³-hybridized carbons (Fsp3) is 0.565. The smallest absolute Gasteiger partial charge is 0.234 e. The molecule has 0 spiro atoms. The van der Waals surface area contributed by atoms with Gasteiger partial charge in [0.2, 0.25) is 5.89 Å². The molecule has 2 saturated carbocycles. The molecule has 4 heterocycles. The van der Waals surface area contributed by atoms with Crippen LogP contribution in [-0.4, -0.2) is 42.9 Å². The van der Waals surface area contributed by atoms with Crippen LogP contribution < -0.4 is 0 Å². The zero-order chi connectivity index (χ0) is 20.1. The third kappa shape index (κ3) is 3.16. The molecule has 3 fully saturated rings. The molecule has 0 radical (unpaired) electrons. The van der Waals surface area contributed by atoms with Crippen molar-refractivity contribution < 1.29 is 4.52 Å². The van der Waals surface area contributed by atoms with Gasteiger partial charge in [-0.05, 0) is 56.6 Å². The van der Waals surface area contributed by atoms with Crippen LogP contribution in [0.5, 0.6) is 0 Å². The fourth-order valence-corrected chi connectivity index (χ4v) is 5.50. The molecule has 3 aliphatic rings. The number of fused-ring (bicyclic) bond motifs is 1.